The Hall–Kier alpha value is -2.70. The molecule has 7 nitrogen and oxygen atoms in total. The van der Waals surface area contributed by atoms with E-state index in [9.17, 15) is 4.79 Å². The lowest BCUT2D eigenvalue weighted by atomic mass is 10.1. The summed E-state index contributed by atoms with van der Waals surface area (Å²) in [6, 6.07) is 7.56. The quantitative estimate of drug-likeness (QED) is 0.843. The van der Waals surface area contributed by atoms with E-state index < -0.39 is 0 Å². The van der Waals surface area contributed by atoms with Gasteiger partial charge in [-0.2, -0.15) is 5.10 Å². The first-order chi connectivity index (χ1) is 11.7. The number of hydrogen-bond donors (Lipinski definition) is 2. The summed E-state index contributed by atoms with van der Waals surface area (Å²) in [5.41, 5.74) is 1.10. The number of nitrogens with zero attached hydrogens (tertiary/aromatic N) is 2. The van der Waals surface area contributed by atoms with Crippen LogP contribution in [0.4, 0.5) is 4.79 Å². The van der Waals surface area contributed by atoms with Gasteiger partial charge in [-0.15, -0.1) is 0 Å². The molecule has 1 aromatic carbocycles. The molecule has 128 valence electrons. The summed E-state index contributed by atoms with van der Waals surface area (Å²) >= 11 is 0. The molecule has 7 heteroatoms. The normalized spacial score (nSPS) is 14.0. The van der Waals surface area contributed by atoms with Crippen LogP contribution >= 0.6 is 0 Å². The van der Waals surface area contributed by atoms with Gasteiger partial charge in [-0.25, -0.2) is 4.79 Å². The van der Waals surface area contributed by atoms with Crippen molar-refractivity contribution in [3.8, 4) is 11.5 Å². The summed E-state index contributed by atoms with van der Waals surface area (Å²) in [6.07, 6.45) is 4.33. The van der Waals surface area contributed by atoms with E-state index >= 15 is 0 Å². The first kappa shape index (κ1) is 16.2. The Balaban J connectivity index is 1.40. The molecule has 2 amide bonds. The van der Waals surface area contributed by atoms with E-state index in [0.717, 1.165) is 23.5 Å². The van der Waals surface area contributed by atoms with Crippen molar-refractivity contribution >= 4 is 6.03 Å². The molecule has 1 atom stereocenters. The standard InChI is InChI=1S/C17H22N4O3/c1-13(12-21-8-2-6-19-21)20-17(22)18-7-5-14-3-4-15-16(11-14)24-10-9-23-15/h2-4,6,8,11,13H,5,7,9-10,12H2,1H3,(H2,18,20,22). The number of amides is 2. The van der Waals surface area contributed by atoms with Crippen molar-refractivity contribution in [2.75, 3.05) is 19.8 Å². The SMILES string of the molecule is CC(Cn1cccn1)NC(=O)NCCc1ccc2c(c1)OCCO2. The maximum atomic E-state index is 11.9. The second-order valence-corrected chi connectivity index (χ2v) is 5.76. The van der Waals surface area contributed by atoms with Crippen LogP contribution in [0.5, 0.6) is 11.5 Å². The molecule has 0 radical (unpaired) electrons. The molecule has 2 N–H and O–H groups in total. The maximum absolute atomic E-state index is 11.9. The Labute approximate surface area is 140 Å². The summed E-state index contributed by atoms with van der Waals surface area (Å²) in [6.45, 7) is 4.31. The Morgan fingerprint density at radius 1 is 1.33 bits per heavy atom. The number of carbonyl (C=O) groups is 1. The molecular weight excluding hydrogens is 308 g/mol. The molecule has 2 heterocycles. The van der Waals surface area contributed by atoms with Crippen LogP contribution in [0.2, 0.25) is 0 Å². The van der Waals surface area contributed by atoms with Crippen LogP contribution in [-0.2, 0) is 13.0 Å². The molecule has 1 unspecified atom stereocenters. The van der Waals surface area contributed by atoms with Gasteiger partial charge in [0, 0.05) is 25.0 Å². The van der Waals surface area contributed by atoms with Crippen molar-refractivity contribution in [3.63, 3.8) is 0 Å². The maximum Gasteiger partial charge on any atom is 0.315 e. The van der Waals surface area contributed by atoms with Crippen LogP contribution in [0.1, 0.15) is 12.5 Å². The number of fused-ring (bicyclic) bond motifs is 1. The second-order valence-electron chi connectivity index (χ2n) is 5.76. The topological polar surface area (TPSA) is 77.4 Å². The number of nitrogens with one attached hydrogen (secondary N) is 2. The molecule has 1 aromatic heterocycles. The highest BCUT2D eigenvalue weighted by atomic mass is 16.6. The largest absolute Gasteiger partial charge is 0.486 e. The van der Waals surface area contributed by atoms with Crippen LogP contribution in [0.25, 0.3) is 0 Å². The molecule has 1 aliphatic rings. The lowest BCUT2D eigenvalue weighted by molar-refractivity contribution is 0.171. The van der Waals surface area contributed by atoms with Crippen LogP contribution in [0.3, 0.4) is 0 Å². The predicted molar refractivity (Wildman–Crippen MR) is 89.4 cm³/mol. The van der Waals surface area contributed by atoms with E-state index in [2.05, 4.69) is 15.7 Å². The third kappa shape index (κ3) is 4.41. The minimum absolute atomic E-state index is 0.000747. The Kier molecular flexibility index (Phi) is 5.20. The summed E-state index contributed by atoms with van der Waals surface area (Å²) in [7, 11) is 0. The van der Waals surface area contributed by atoms with Crippen molar-refractivity contribution in [2.24, 2.45) is 0 Å². The zero-order valence-electron chi connectivity index (χ0n) is 13.7. The zero-order valence-corrected chi connectivity index (χ0v) is 13.7. The van der Waals surface area contributed by atoms with E-state index in [0.29, 0.717) is 26.3 Å². The van der Waals surface area contributed by atoms with E-state index in [1.165, 1.54) is 0 Å². The van der Waals surface area contributed by atoms with Gasteiger partial charge in [-0.05, 0) is 37.1 Å². The summed E-state index contributed by atoms with van der Waals surface area (Å²) in [4.78, 5) is 11.9. The molecule has 24 heavy (non-hydrogen) atoms. The van der Waals surface area contributed by atoms with Crippen LogP contribution in [-0.4, -0.2) is 41.6 Å². The average molecular weight is 330 g/mol. The second kappa shape index (κ2) is 7.72. The van der Waals surface area contributed by atoms with Crippen molar-refractivity contribution in [1.29, 1.82) is 0 Å². The van der Waals surface area contributed by atoms with E-state index in [1.807, 2.05) is 37.4 Å². The molecule has 1 aliphatic heterocycles. The van der Waals surface area contributed by atoms with Gasteiger partial charge in [0.1, 0.15) is 13.2 Å². The average Bonchev–Trinajstić information content (AvgIpc) is 3.07. The van der Waals surface area contributed by atoms with E-state index in [1.54, 1.807) is 10.9 Å². The molecule has 3 rings (SSSR count). The van der Waals surface area contributed by atoms with Gasteiger partial charge in [-0.3, -0.25) is 4.68 Å². The van der Waals surface area contributed by atoms with Crippen molar-refractivity contribution in [2.45, 2.75) is 25.9 Å². The number of benzene rings is 1. The van der Waals surface area contributed by atoms with Crippen molar-refractivity contribution in [3.05, 3.63) is 42.2 Å². The lowest BCUT2D eigenvalue weighted by Crippen LogP contribution is -2.43. The van der Waals surface area contributed by atoms with Crippen molar-refractivity contribution in [1.82, 2.24) is 20.4 Å². The Morgan fingerprint density at radius 3 is 2.96 bits per heavy atom. The molecule has 0 saturated heterocycles. The number of ether oxygens (including phenoxy) is 2. The predicted octanol–water partition coefficient (Wildman–Crippen LogP) is 1.58. The minimum Gasteiger partial charge on any atom is -0.486 e. The number of rotatable bonds is 6. The first-order valence-electron chi connectivity index (χ1n) is 8.11. The van der Waals surface area contributed by atoms with Crippen LogP contribution in [0, 0.1) is 0 Å². The minimum atomic E-state index is -0.174. The van der Waals surface area contributed by atoms with Gasteiger partial charge in [0.05, 0.1) is 6.54 Å². The van der Waals surface area contributed by atoms with Gasteiger partial charge in [0.25, 0.3) is 0 Å². The molecule has 0 bridgehead atoms. The zero-order chi connectivity index (χ0) is 16.8. The molecule has 0 fully saturated rings. The first-order valence-corrected chi connectivity index (χ1v) is 8.11. The number of aromatic nitrogens is 2. The van der Waals surface area contributed by atoms with Crippen LogP contribution < -0.4 is 20.1 Å². The van der Waals surface area contributed by atoms with Gasteiger partial charge < -0.3 is 20.1 Å². The molecular formula is C17H22N4O3. The number of hydrogen-bond acceptors (Lipinski definition) is 4. The van der Waals surface area contributed by atoms with Gasteiger partial charge in [0.15, 0.2) is 11.5 Å². The van der Waals surface area contributed by atoms with E-state index in [-0.39, 0.29) is 12.1 Å². The highest BCUT2D eigenvalue weighted by Gasteiger charge is 2.12. The number of carbonyl (C=O) groups excluding carboxylic acids is 1. The molecule has 0 saturated carbocycles. The third-order valence-corrected chi connectivity index (χ3v) is 3.70. The Morgan fingerprint density at radius 2 is 2.17 bits per heavy atom. The van der Waals surface area contributed by atoms with Gasteiger partial charge in [-0.1, -0.05) is 6.07 Å². The highest BCUT2D eigenvalue weighted by molar-refractivity contribution is 5.74. The van der Waals surface area contributed by atoms with E-state index in [4.69, 9.17) is 9.47 Å². The fourth-order valence-corrected chi connectivity index (χ4v) is 2.57. The molecule has 0 spiro atoms. The summed E-state index contributed by atoms with van der Waals surface area (Å²) in [5.74, 6) is 1.55. The fourth-order valence-electron chi connectivity index (χ4n) is 2.57. The van der Waals surface area contributed by atoms with Gasteiger partial charge in [0.2, 0.25) is 0 Å². The van der Waals surface area contributed by atoms with Gasteiger partial charge >= 0.3 is 6.03 Å². The van der Waals surface area contributed by atoms with Crippen molar-refractivity contribution < 1.29 is 14.3 Å². The molecule has 0 aliphatic carbocycles. The number of urea groups is 1. The summed E-state index contributed by atoms with van der Waals surface area (Å²) < 4.78 is 12.8. The van der Waals surface area contributed by atoms with Crippen LogP contribution in [0.15, 0.2) is 36.7 Å². The lowest BCUT2D eigenvalue weighted by Gasteiger charge is -2.19. The Bertz CT molecular complexity index is 672. The summed E-state index contributed by atoms with van der Waals surface area (Å²) in [5, 5.41) is 9.89. The fraction of sp³-hybridized carbons (Fsp3) is 0.412. The highest BCUT2D eigenvalue weighted by Crippen LogP contribution is 2.30. The monoisotopic (exact) mass is 330 g/mol. The third-order valence-electron chi connectivity index (χ3n) is 3.70. The molecule has 2 aromatic rings. The smallest absolute Gasteiger partial charge is 0.315 e.